The largest absolute Gasteiger partial charge is 0.388 e. The lowest BCUT2D eigenvalue weighted by atomic mass is 9.93. The monoisotopic (exact) mass is 387 g/mol. The van der Waals surface area contributed by atoms with Gasteiger partial charge >= 0.3 is 0 Å². The van der Waals surface area contributed by atoms with Crippen molar-refractivity contribution in [1.29, 1.82) is 0 Å². The Labute approximate surface area is 173 Å². The van der Waals surface area contributed by atoms with E-state index in [1.54, 1.807) is 6.08 Å². The van der Waals surface area contributed by atoms with Crippen LogP contribution in [0.5, 0.6) is 0 Å². The number of hydrogen-bond acceptors (Lipinski definition) is 2. The molecule has 0 rings (SSSR count). The van der Waals surface area contributed by atoms with E-state index in [1.807, 2.05) is 43.4 Å². The average molecular weight is 388 g/mol. The predicted molar refractivity (Wildman–Crippen MR) is 122 cm³/mol. The third-order valence-corrected chi connectivity index (χ3v) is 4.55. The van der Waals surface area contributed by atoms with Crippen LogP contribution in [-0.2, 0) is 4.79 Å². The molecule has 0 aromatic heterocycles. The van der Waals surface area contributed by atoms with Crippen LogP contribution < -0.4 is 5.32 Å². The highest BCUT2D eigenvalue weighted by atomic mass is 16.3. The minimum atomic E-state index is -0.784. The molecule has 158 valence electrons. The molecule has 0 heterocycles. The Bertz CT molecular complexity index is 529. The standard InChI is InChI=1S/C25H41NO2/c1-4-7-9-10-11-12-13-14-15-16-17-18-19-21-24(27)26-23-25(28,6-3)22-20-8-5-2/h9-16,19,21,28H,4-8,17-18,20,22-23H2,1-3H3,(H,26,27). The number of carbonyl (C=O) groups excluding carboxylic acids is 1. The second kappa shape index (κ2) is 18.5. The molecule has 3 heteroatoms. The number of hydrogen-bond donors (Lipinski definition) is 2. The highest BCUT2D eigenvalue weighted by molar-refractivity contribution is 5.87. The van der Waals surface area contributed by atoms with Gasteiger partial charge in [-0.2, -0.15) is 0 Å². The molecule has 0 fully saturated rings. The molecule has 2 N–H and O–H groups in total. The highest BCUT2D eigenvalue weighted by Gasteiger charge is 2.24. The van der Waals surface area contributed by atoms with Gasteiger partial charge in [-0.25, -0.2) is 0 Å². The SMILES string of the molecule is CCCC=CC=CC=CC=CCCC=CC(=O)NCC(O)(CC)CCCCC. The summed E-state index contributed by atoms with van der Waals surface area (Å²) < 4.78 is 0. The van der Waals surface area contributed by atoms with Crippen LogP contribution in [0.25, 0.3) is 0 Å². The lowest BCUT2D eigenvalue weighted by Crippen LogP contribution is -2.42. The molecule has 0 bridgehead atoms. The molecule has 1 atom stereocenters. The number of rotatable bonds is 16. The van der Waals surface area contributed by atoms with E-state index in [2.05, 4.69) is 37.4 Å². The number of amides is 1. The summed E-state index contributed by atoms with van der Waals surface area (Å²) in [6, 6.07) is 0. The van der Waals surface area contributed by atoms with Crippen LogP contribution in [0.15, 0.2) is 60.8 Å². The first-order chi connectivity index (χ1) is 13.6. The van der Waals surface area contributed by atoms with Gasteiger partial charge in [-0.15, -0.1) is 0 Å². The van der Waals surface area contributed by atoms with Crippen LogP contribution in [-0.4, -0.2) is 23.2 Å². The van der Waals surface area contributed by atoms with Gasteiger partial charge in [-0.1, -0.05) is 101 Å². The van der Waals surface area contributed by atoms with Crippen molar-refractivity contribution in [2.24, 2.45) is 0 Å². The van der Waals surface area contributed by atoms with Crippen LogP contribution in [0.4, 0.5) is 0 Å². The van der Waals surface area contributed by atoms with E-state index >= 15 is 0 Å². The molecule has 0 aromatic rings. The van der Waals surface area contributed by atoms with Gasteiger partial charge in [-0.3, -0.25) is 4.79 Å². The lowest BCUT2D eigenvalue weighted by Gasteiger charge is -2.26. The molecule has 3 nitrogen and oxygen atoms in total. The first-order valence-electron chi connectivity index (χ1n) is 10.9. The summed E-state index contributed by atoms with van der Waals surface area (Å²) in [4.78, 5) is 11.9. The Morgan fingerprint density at radius 2 is 1.43 bits per heavy atom. The van der Waals surface area contributed by atoms with Crippen molar-refractivity contribution >= 4 is 5.91 Å². The van der Waals surface area contributed by atoms with Crippen molar-refractivity contribution in [2.75, 3.05) is 6.54 Å². The minimum Gasteiger partial charge on any atom is -0.388 e. The lowest BCUT2D eigenvalue weighted by molar-refractivity contribution is -0.117. The van der Waals surface area contributed by atoms with Gasteiger partial charge in [0.05, 0.1) is 5.60 Å². The van der Waals surface area contributed by atoms with E-state index in [-0.39, 0.29) is 5.91 Å². The Kier molecular flexibility index (Phi) is 17.3. The summed E-state index contributed by atoms with van der Waals surface area (Å²) in [5.41, 5.74) is -0.784. The van der Waals surface area contributed by atoms with Gasteiger partial charge < -0.3 is 10.4 Å². The maximum absolute atomic E-state index is 11.9. The molecule has 0 spiro atoms. The molecule has 0 aromatic carbocycles. The fourth-order valence-corrected chi connectivity index (χ4v) is 2.56. The molecule has 0 saturated carbocycles. The van der Waals surface area contributed by atoms with Crippen LogP contribution in [0.3, 0.4) is 0 Å². The van der Waals surface area contributed by atoms with Gasteiger partial charge in [-0.05, 0) is 38.2 Å². The summed E-state index contributed by atoms with van der Waals surface area (Å²) in [7, 11) is 0. The number of carbonyl (C=O) groups is 1. The third kappa shape index (κ3) is 16.3. The van der Waals surface area contributed by atoms with Crippen LogP contribution in [0.2, 0.25) is 0 Å². The minimum absolute atomic E-state index is 0.132. The smallest absolute Gasteiger partial charge is 0.243 e. The fraction of sp³-hybridized carbons (Fsp3) is 0.560. The summed E-state index contributed by atoms with van der Waals surface area (Å²) in [6.45, 7) is 6.60. The van der Waals surface area contributed by atoms with E-state index in [0.717, 1.165) is 44.9 Å². The van der Waals surface area contributed by atoms with Crippen molar-refractivity contribution in [3.63, 3.8) is 0 Å². The number of allylic oxidation sites excluding steroid dienone is 9. The molecular formula is C25H41NO2. The van der Waals surface area contributed by atoms with Crippen LogP contribution in [0.1, 0.15) is 78.6 Å². The van der Waals surface area contributed by atoms with Crippen molar-refractivity contribution in [2.45, 2.75) is 84.2 Å². The van der Waals surface area contributed by atoms with Crippen molar-refractivity contribution < 1.29 is 9.90 Å². The van der Waals surface area contributed by atoms with Gasteiger partial charge in [0.1, 0.15) is 0 Å². The zero-order valence-electron chi connectivity index (χ0n) is 18.2. The second-order valence-electron chi connectivity index (χ2n) is 7.15. The van der Waals surface area contributed by atoms with Crippen LogP contribution >= 0.6 is 0 Å². The maximum atomic E-state index is 11.9. The quantitative estimate of drug-likeness (QED) is 0.189. The summed E-state index contributed by atoms with van der Waals surface area (Å²) in [5.74, 6) is -0.132. The predicted octanol–water partition coefficient (Wildman–Crippen LogP) is 6.19. The van der Waals surface area contributed by atoms with Gasteiger partial charge in [0.15, 0.2) is 0 Å². The van der Waals surface area contributed by atoms with E-state index in [1.165, 1.54) is 6.42 Å². The zero-order chi connectivity index (χ0) is 20.9. The average Bonchev–Trinajstić information content (AvgIpc) is 2.70. The molecule has 0 aliphatic heterocycles. The number of aliphatic hydroxyl groups is 1. The second-order valence-corrected chi connectivity index (χ2v) is 7.15. The number of unbranched alkanes of at least 4 members (excludes halogenated alkanes) is 4. The van der Waals surface area contributed by atoms with Crippen molar-refractivity contribution in [1.82, 2.24) is 5.32 Å². The molecule has 28 heavy (non-hydrogen) atoms. The number of nitrogens with one attached hydrogen (secondary N) is 1. The fourth-order valence-electron chi connectivity index (χ4n) is 2.56. The Hall–Kier alpha value is -1.87. The molecule has 0 aliphatic rings. The Balaban J connectivity index is 3.95. The summed E-state index contributed by atoms with van der Waals surface area (Å²) >= 11 is 0. The third-order valence-electron chi connectivity index (χ3n) is 4.55. The molecule has 1 unspecified atom stereocenters. The topological polar surface area (TPSA) is 49.3 Å². The normalized spacial score (nSPS) is 14.9. The van der Waals surface area contributed by atoms with Gasteiger partial charge in [0, 0.05) is 6.54 Å². The summed E-state index contributed by atoms with van der Waals surface area (Å²) in [5, 5.41) is 13.3. The van der Waals surface area contributed by atoms with Gasteiger partial charge in [0.2, 0.25) is 5.91 Å². The molecule has 0 saturated heterocycles. The van der Waals surface area contributed by atoms with Crippen molar-refractivity contribution in [3.05, 3.63) is 60.8 Å². The zero-order valence-corrected chi connectivity index (χ0v) is 18.2. The van der Waals surface area contributed by atoms with Crippen molar-refractivity contribution in [3.8, 4) is 0 Å². The Morgan fingerprint density at radius 1 is 0.821 bits per heavy atom. The molecule has 0 aliphatic carbocycles. The Morgan fingerprint density at radius 3 is 2.04 bits per heavy atom. The van der Waals surface area contributed by atoms with E-state index in [4.69, 9.17) is 0 Å². The van der Waals surface area contributed by atoms with Crippen LogP contribution in [0, 0.1) is 0 Å². The van der Waals surface area contributed by atoms with Gasteiger partial charge in [0.25, 0.3) is 0 Å². The first-order valence-corrected chi connectivity index (χ1v) is 10.9. The maximum Gasteiger partial charge on any atom is 0.243 e. The summed E-state index contributed by atoms with van der Waals surface area (Å²) in [6.07, 6.45) is 28.5. The van der Waals surface area contributed by atoms with E-state index < -0.39 is 5.60 Å². The molecule has 1 amide bonds. The first kappa shape index (κ1) is 26.1. The van der Waals surface area contributed by atoms with E-state index in [0.29, 0.717) is 13.0 Å². The van der Waals surface area contributed by atoms with E-state index in [9.17, 15) is 9.90 Å². The molecule has 0 radical (unpaired) electrons. The molecular weight excluding hydrogens is 346 g/mol. The highest BCUT2D eigenvalue weighted by Crippen LogP contribution is 2.18.